The van der Waals surface area contributed by atoms with E-state index in [1.54, 1.807) is 0 Å². The van der Waals surface area contributed by atoms with E-state index in [0.29, 0.717) is 5.56 Å². The topological polar surface area (TPSA) is 54.7 Å². The van der Waals surface area contributed by atoms with E-state index in [1.807, 2.05) is 49.4 Å². The smallest absolute Gasteiger partial charge is 0.0991 e. The van der Waals surface area contributed by atoms with E-state index >= 15 is 0 Å². The first kappa shape index (κ1) is 16.5. The third-order valence-electron chi connectivity index (χ3n) is 5.02. The van der Waals surface area contributed by atoms with Gasteiger partial charge in [-0.15, -0.1) is 0 Å². The summed E-state index contributed by atoms with van der Waals surface area (Å²) in [5, 5.41) is 11.2. The lowest BCUT2D eigenvalue weighted by Gasteiger charge is -2.17. The molecule has 1 aliphatic carbocycles. The summed E-state index contributed by atoms with van der Waals surface area (Å²) in [7, 11) is 0. The maximum absolute atomic E-state index is 9.33. The molecule has 1 unspecified atom stereocenters. The van der Waals surface area contributed by atoms with Crippen LogP contribution in [0.4, 0.5) is 5.69 Å². The number of hydrogen-bond acceptors (Lipinski definition) is 2. The Hall–Kier alpha value is -2.96. The van der Waals surface area contributed by atoms with Gasteiger partial charge in [-0.1, -0.05) is 35.9 Å². The van der Waals surface area contributed by atoms with Crippen LogP contribution in [0.25, 0.3) is 22.0 Å². The molecule has 2 N–H and O–H groups in total. The van der Waals surface area contributed by atoms with Crippen LogP contribution in [0, 0.1) is 18.3 Å². The summed E-state index contributed by atoms with van der Waals surface area (Å²) in [4.78, 5) is 0. The molecule has 3 aromatic rings. The van der Waals surface area contributed by atoms with E-state index in [0.717, 1.165) is 44.7 Å². The minimum Gasteiger partial charge on any atom is -0.398 e. The van der Waals surface area contributed by atoms with Gasteiger partial charge in [0.1, 0.15) is 0 Å². The number of nitrogens with two attached hydrogens (primary N) is 1. The van der Waals surface area contributed by atoms with Gasteiger partial charge in [0.2, 0.25) is 0 Å². The molecule has 1 atom stereocenters. The zero-order valence-corrected chi connectivity index (χ0v) is 15.2. The van der Waals surface area contributed by atoms with Crippen molar-refractivity contribution >= 4 is 28.2 Å². The highest BCUT2D eigenvalue weighted by Gasteiger charge is 2.18. The van der Waals surface area contributed by atoms with Gasteiger partial charge in [0.15, 0.2) is 0 Å². The van der Waals surface area contributed by atoms with Crippen molar-refractivity contribution in [2.24, 2.45) is 0 Å². The van der Waals surface area contributed by atoms with Crippen LogP contribution in [0.3, 0.4) is 0 Å². The Kier molecular flexibility index (Phi) is 4.06. The number of rotatable bonds is 2. The Morgan fingerprint density at radius 3 is 2.81 bits per heavy atom. The molecule has 0 saturated carbocycles. The normalized spacial score (nSPS) is 16.5. The van der Waals surface area contributed by atoms with E-state index in [-0.39, 0.29) is 6.04 Å². The Morgan fingerprint density at radius 1 is 1.23 bits per heavy atom. The van der Waals surface area contributed by atoms with Crippen LogP contribution in [0.1, 0.15) is 23.6 Å². The van der Waals surface area contributed by atoms with Gasteiger partial charge in [-0.05, 0) is 54.8 Å². The van der Waals surface area contributed by atoms with Crippen LogP contribution in [0.5, 0.6) is 0 Å². The van der Waals surface area contributed by atoms with E-state index < -0.39 is 0 Å². The third-order valence-corrected chi connectivity index (χ3v) is 5.30. The van der Waals surface area contributed by atoms with Gasteiger partial charge in [-0.2, -0.15) is 5.26 Å². The second kappa shape index (κ2) is 6.40. The van der Waals surface area contributed by atoms with E-state index in [4.69, 9.17) is 17.3 Å². The van der Waals surface area contributed by atoms with Crippen molar-refractivity contribution in [1.82, 2.24) is 4.57 Å². The maximum Gasteiger partial charge on any atom is 0.0991 e. The first-order valence-corrected chi connectivity index (χ1v) is 8.90. The molecule has 26 heavy (non-hydrogen) atoms. The van der Waals surface area contributed by atoms with E-state index in [2.05, 4.69) is 29.0 Å². The summed E-state index contributed by atoms with van der Waals surface area (Å²) in [6.45, 7) is 2.03. The molecule has 128 valence electrons. The summed E-state index contributed by atoms with van der Waals surface area (Å²) in [5.74, 6) is 0. The van der Waals surface area contributed by atoms with Gasteiger partial charge < -0.3 is 10.3 Å². The zero-order valence-electron chi connectivity index (χ0n) is 14.4. The maximum atomic E-state index is 9.33. The molecular weight excluding hydrogens is 342 g/mol. The molecule has 0 aliphatic heterocycles. The summed E-state index contributed by atoms with van der Waals surface area (Å²) in [6.07, 6.45) is 9.10. The number of fused-ring (bicyclic) bond motifs is 1. The van der Waals surface area contributed by atoms with Crippen LogP contribution in [-0.2, 0) is 0 Å². The lowest BCUT2D eigenvalue weighted by atomic mass is 9.98. The van der Waals surface area contributed by atoms with Gasteiger partial charge >= 0.3 is 0 Å². The van der Waals surface area contributed by atoms with Crippen LogP contribution in [-0.4, -0.2) is 4.57 Å². The van der Waals surface area contributed by atoms with Gasteiger partial charge in [0.25, 0.3) is 0 Å². The lowest BCUT2D eigenvalue weighted by Crippen LogP contribution is -2.06. The largest absolute Gasteiger partial charge is 0.398 e. The molecule has 0 fully saturated rings. The monoisotopic (exact) mass is 359 g/mol. The van der Waals surface area contributed by atoms with Crippen molar-refractivity contribution in [3.05, 3.63) is 77.0 Å². The highest BCUT2D eigenvalue weighted by Crippen LogP contribution is 2.37. The fourth-order valence-corrected chi connectivity index (χ4v) is 3.71. The highest BCUT2D eigenvalue weighted by atomic mass is 35.5. The second-order valence-corrected chi connectivity index (χ2v) is 7.00. The van der Waals surface area contributed by atoms with E-state index in [1.165, 1.54) is 0 Å². The first-order valence-electron chi connectivity index (χ1n) is 8.52. The average molecular weight is 360 g/mol. The molecule has 4 rings (SSSR count). The van der Waals surface area contributed by atoms with Crippen molar-refractivity contribution in [3.8, 4) is 17.2 Å². The molecule has 0 spiro atoms. The number of benzene rings is 2. The Labute approximate surface area is 157 Å². The number of aromatic nitrogens is 1. The van der Waals surface area contributed by atoms with Crippen molar-refractivity contribution in [1.29, 1.82) is 5.26 Å². The Balaban J connectivity index is 1.97. The molecule has 1 aliphatic rings. The molecular formula is C22H18ClN3. The minimum atomic E-state index is 0.197. The summed E-state index contributed by atoms with van der Waals surface area (Å²) >= 11 is 6.08. The number of anilines is 1. The first-order chi connectivity index (χ1) is 12.6. The van der Waals surface area contributed by atoms with Crippen molar-refractivity contribution in [2.75, 3.05) is 5.73 Å². The Bertz CT molecular complexity index is 1110. The molecule has 1 aromatic heterocycles. The van der Waals surface area contributed by atoms with Crippen LogP contribution < -0.4 is 5.73 Å². The van der Waals surface area contributed by atoms with Crippen molar-refractivity contribution in [3.63, 3.8) is 0 Å². The van der Waals surface area contributed by atoms with Crippen molar-refractivity contribution in [2.45, 2.75) is 19.4 Å². The standard InChI is InChI=1S/C22H18ClN3/c1-14-18(3-2-4-21(14)25)20-13-26(17-8-6-16(23)7-9-17)22-10-5-15(12-24)11-19(20)22/h2-8,10-11,13,17H,9,25H2,1H3. The molecule has 0 radical (unpaired) electrons. The lowest BCUT2D eigenvalue weighted by molar-refractivity contribution is 0.629. The summed E-state index contributed by atoms with van der Waals surface area (Å²) in [6, 6.07) is 14.2. The average Bonchev–Trinajstić information content (AvgIpc) is 3.03. The fourth-order valence-electron chi connectivity index (χ4n) is 3.55. The van der Waals surface area contributed by atoms with Crippen LogP contribution >= 0.6 is 11.6 Å². The number of hydrogen-bond donors (Lipinski definition) is 1. The molecule has 4 heteroatoms. The highest BCUT2D eigenvalue weighted by molar-refractivity contribution is 6.31. The predicted molar refractivity (Wildman–Crippen MR) is 108 cm³/mol. The minimum absolute atomic E-state index is 0.197. The summed E-state index contributed by atoms with van der Waals surface area (Å²) < 4.78 is 2.25. The molecule has 0 saturated heterocycles. The van der Waals surface area contributed by atoms with Gasteiger partial charge in [-0.3, -0.25) is 0 Å². The number of nitrogen functional groups attached to an aromatic ring is 1. The summed E-state index contributed by atoms with van der Waals surface area (Å²) in [5.41, 5.74) is 11.9. The zero-order chi connectivity index (χ0) is 18.3. The van der Waals surface area contributed by atoms with Gasteiger partial charge in [-0.25, -0.2) is 0 Å². The van der Waals surface area contributed by atoms with Crippen LogP contribution in [0.2, 0.25) is 0 Å². The van der Waals surface area contributed by atoms with E-state index in [9.17, 15) is 5.26 Å². The van der Waals surface area contributed by atoms with Crippen molar-refractivity contribution < 1.29 is 0 Å². The molecule has 2 aromatic carbocycles. The molecule has 3 nitrogen and oxygen atoms in total. The number of allylic oxidation sites excluding steroid dienone is 4. The molecule has 0 amide bonds. The van der Waals surface area contributed by atoms with Gasteiger partial charge in [0.05, 0.1) is 17.7 Å². The number of nitriles is 1. The third kappa shape index (κ3) is 2.69. The Morgan fingerprint density at radius 2 is 2.08 bits per heavy atom. The quantitative estimate of drug-likeness (QED) is 0.597. The molecule has 1 heterocycles. The fraction of sp³-hybridized carbons (Fsp3) is 0.136. The number of halogens is 1. The number of nitrogens with zero attached hydrogens (tertiary/aromatic N) is 2. The van der Waals surface area contributed by atoms with Crippen LogP contribution in [0.15, 0.2) is 65.9 Å². The second-order valence-electron chi connectivity index (χ2n) is 6.56. The predicted octanol–water partition coefficient (Wildman–Crippen LogP) is 5.69. The molecule has 0 bridgehead atoms. The SMILES string of the molecule is Cc1c(N)cccc1-c1cn(C2C=CC(Cl)=CC2)c2ccc(C#N)cc12. The van der Waals surface area contributed by atoms with Gasteiger partial charge in [0, 0.05) is 33.4 Å².